The summed E-state index contributed by atoms with van der Waals surface area (Å²) in [5, 5.41) is 0. The number of anilines is 1. The molecule has 0 N–H and O–H groups in total. The number of rotatable bonds is 6. The molecule has 1 rings (SSSR count). The minimum absolute atomic E-state index is 0.267. The lowest BCUT2D eigenvalue weighted by molar-refractivity contribution is 0.0600. The van der Waals surface area contributed by atoms with Gasteiger partial charge >= 0.3 is 5.97 Å². The zero-order valence-electron chi connectivity index (χ0n) is 11.8. The molecule has 0 amide bonds. The van der Waals surface area contributed by atoms with Gasteiger partial charge < -0.3 is 9.64 Å². The van der Waals surface area contributed by atoms with Crippen molar-refractivity contribution in [3.05, 3.63) is 29.3 Å². The number of nitrogens with zero attached hydrogens (tertiary/aromatic N) is 1. The molecular weight excluding hydrogens is 226 g/mol. The van der Waals surface area contributed by atoms with Crippen molar-refractivity contribution in [2.45, 2.75) is 33.1 Å². The lowest BCUT2D eigenvalue weighted by Crippen LogP contribution is -2.20. The molecule has 0 heterocycles. The highest BCUT2D eigenvalue weighted by molar-refractivity contribution is 5.92. The number of hydrogen-bond donors (Lipinski definition) is 0. The molecule has 0 radical (unpaired) electrons. The van der Waals surface area contributed by atoms with Crippen LogP contribution >= 0.6 is 0 Å². The summed E-state index contributed by atoms with van der Waals surface area (Å²) in [5.41, 5.74) is 2.75. The van der Waals surface area contributed by atoms with E-state index in [1.165, 1.54) is 26.4 Å². The normalized spacial score (nSPS) is 10.2. The highest BCUT2D eigenvalue weighted by Gasteiger charge is 2.13. The van der Waals surface area contributed by atoms with Gasteiger partial charge in [-0.1, -0.05) is 25.8 Å². The number of carbonyl (C=O) groups is 1. The van der Waals surface area contributed by atoms with E-state index in [4.69, 9.17) is 4.74 Å². The van der Waals surface area contributed by atoms with E-state index >= 15 is 0 Å². The van der Waals surface area contributed by atoms with Gasteiger partial charge in [-0.3, -0.25) is 0 Å². The first-order valence-electron chi connectivity index (χ1n) is 6.50. The predicted octanol–water partition coefficient (Wildman–Crippen LogP) is 3.41. The molecule has 100 valence electrons. The summed E-state index contributed by atoms with van der Waals surface area (Å²) in [6.45, 7) is 5.18. The molecule has 0 saturated carbocycles. The second-order valence-corrected chi connectivity index (χ2v) is 4.57. The van der Waals surface area contributed by atoms with Crippen molar-refractivity contribution in [2.75, 3.05) is 25.6 Å². The van der Waals surface area contributed by atoms with E-state index in [0.29, 0.717) is 5.56 Å². The fourth-order valence-corrected chi connectivity index (χ4v) is 2.09. The summed E-state index contributed by atoms with van der Waals surface area (Å²) in [5.74, 6) is -0.267. The molecule has 1 aromatic rings. The quantitative estimate of drug-likeness (QED) is 0.571. The average Bonchev–Trinajstić information content (AvgIpc) is 2.38. The molecule has 0 aliphatic heterocycles. The monoisotopic (exact) mass is 249 g/mol. The lowest BCUT2D eigenvalue weighted by Gasteiger charge is -2.22. The van der Waals surface area contributed by atoms with Gasteiger partial charge in [-0.15, -0.1) is 0 Å². The smallest absolute Gasteiger partial charge is 0.338 e. The summed E-state index contributed by atoms with van der Waals surface area (Å²) in [4.78, 5) is 13.8. The fraction of sp³-hybridized carbons (Fsp3) is 0.533. The minimum Gasteiger partial charge on any atom is -0.465 e. The molecule has 0 unspecified atom stereocenters. The minimum atomic E-state index is -0.267. The number of unbranched alkanes of at least 4 members (excludes halogenated alkanes) is 2. The highest BCUT2D eigenvalue weighted by atomic mass is 16.5. The van der Waals surface area contributed by atoms with Crippen molar-refractivity contribution in [3.63, 3.8) is 0 Å². The first-order chi connectivity index (χ1) is 8.61. The number of esters is 1. The van der Waals surface area contributed by atoms with Gasteiger partial charge in [0.15, 0.2) is 0 Å². The summed E-state index contributed by atoms with van der Waals surface area (Å²) >= 11 is 0. The van der Waals surface area contributed by atoms with Crippen LogP contribution in [-0.4, -0.2) is 26.7 Å². The molecule has 0 fully saturated rings. The number of methoxy groups -OCH3 is 1. The molecule has 18 heavy (non-hydrogen) atoms. The predicted molar refractivity (Wildman–Crippen MR) is 75.3 cm³/mol. The van der Waals surface area contributed by atoms with Crippen LogP contribution in [-0.2, 0) is 4.74 Å². The number of hydrogen-bond acceptors (Lipinski definition) is 3. The molecule has 3 nitrogen and oxygen atoms in total. The molecule has 0 spiro atoms. The molecule has 0 aliphatic carbocycles. The fourth-order valence-electron chi connectivity index (χ4n) is 2.09. The Hall–Kier alpha value is -1.51. The third-order valence-electron chi connectivity index (χ3n) is 3.22. The van der Waals surface area contributed by atoms with E-state index < -0.39 is 0 Å². The zero-order chi connectivity index (χ0) is 13.5. The number of carbonyl (C=O) groups excluding carboxylic acids is 1. The van der Waals surface area contributed by atoms with Crippen molar-refractivity contribution in [1.29, 1.82) is 0 Å². The van der Waals surface area contributed by atoms with Crippen LogP contribution in [0.3, 0.4) is 0 Å². The number of benzene rings is 1. The van der Waals surface area contributed by atoms with E-state index in [2.05, 4.69) is 18.9 Å². The Bertz CT molecular complexity index is 401. The van der Waals surface area contributed by atoms with Crippen LogP contribution in [0.25, 0.3) is 0 Å². The van der Waals surface area contributed by atoms with Crippen molar-refractivity contribution in [1.82, 2.24) is 0 Å². The van der Waals surface area contributed by atoms with E-state index in [9.17, 15) is 4.79 Å². The topological polar surface area (TPSA) is 29.5 Å². The first kappa shape index (κ1) is 14.6. The average molecular weight is 249 g/mol. The third kappa shape index (κ3) is 3.49. The van der Waals surface area contributed by atoms with Crippen molar-refractivity contribution >= 4 is 11.7 Å². The van der Waals surface area contributed by atoms with Crippen LogP contribution < -0.4 is 4.90 Å². The third-order valence-corrected chi connectivity index (χ3v) is 3.22. The van der Waals surface area contributed by atoms with Gasteiger partial charge in [0.05, 0.1) is 12.7 Å². The van der Waals surface area contributed by atoms with Crippen molar-refractivity contribution < 1.29 is 9.53 Å². The summed E-state index contributed by atoms with van der Waals surface area (Å²) in [6, 6.07) is 5.77. The van der Waals surface area contributed by atoms with Gasteiger partial charge in [0, 0.05) is 19.3 Å². The molecule has 0 bridgehead atoms. The summed E-state index contributed by atoms with van der Waals surface area (Å²) < 4.78 is 4.79. The largest absolute Gasteiger partial charge is 0.465 e. The van der Waals surface area contributed by atoms with Crippen molar-refractivity contribution in [2.24, 2.45) is 0 Å². The van der Waals surface area contributed by atoms with E-state index in [1.807, 2.05) is 25.1 Å². The summed E-state index contributed by atoms with van der Waals surface area (Å²) in [7, 11) is 3.48. The van der Waals surface area contributed by atoms with Crippen molar-refractivity contribution in [3.8, 4) is 0 Å². The highest BCUT2D eigenvalue weighted by Crippen LogP contribution is 2.23. The maximum Gasteiger partial charge on any atom is 0.338 e. The van der Waals surface area contributed by atoms with Crippen LogP contribution in [0.1, 0.15) is 42.1 Å². The van der Waals surface area contributed by atoms with E-state index in [1.54, 1.807) is 0 Å². The molecular formula is C15H23NO2. The Labute approximate surface area is 110 Å². The Balaban J connectivity index is 2.85. The molecule has 0 aromatic heterocycles. The van der Waals surface area contributed by atoms with Gasteiger partial charge in [0.1, 0.15) is 0 Å². The second kappa shape index (κ2) is 7.04. The Morgan fingerprint density at radius 3 is 2.67 bits per heavy atom. The summed E-state index contributed by atoms with van der Waals surface area (Å²) in [6.07, 6.45) is 3.63. The van der Waals surface area contributed by atoms with Gasteiger partial charge in [0.25, 0.3) is 0 Å². The maximum atomic E-state index is 11.6. The van der Waals surface area contributed by atoms with Gasteiger partial charge in [-0.25, -0.2) is 4.79 Å². The van der Waals surface area contributed by atoms with Crippen LogP contribution in [0.4, 0.5) is 5.69 Å². The maximum absolute atomic E-state index is 11.6. The Morgan fingerprint density at radius 2 is 2.06 bits per heavy atom. The van der Waals surface area contributed by atoms with E-state index in [-0.39, 0.29) is 5.97 Å². The van der Waals surface area contributed by atoms with Crippen LogP contribution in [0.5, 0.6) is 0 Å². The lowest BCUT2D eigenvalue weighted by atomic mass is 10.1. The van der Waals surface area contributed by atoms with Gasteiger partial charge in [-0.2, -0.15) is 0 Å². The van der Waals surface area contributed by atoms with Crippen LogP contribution in [0, 0.1) is 6.92 Å². The SMILES string of the molecule is CCCCCN(C)c1cccc(C(=O)OC)c1C. The molecule has 1 aromatic carbocycles. The van der Waals surface area contributed by atoms with Gasteiger partial charge in [-0.05, 0) is 31.0 Å². The standard InChI is InChI=1S/C15H23NO2/c1-5-6-7-11-16(3)14-10-8-9-13(12(14)2)15(17)18-4/h8-10H,5-7,11H2,1-4H3. The number of ether oxygens (including phenoxy) is 1. The molecule has 0 atom stereocenters. The van der Waals surface area contributed by atoms with Crippen LogP contribution in [0.15, 0.2) is 18.2 Å². The molecule has 0 saturated heterocycles. The first-order valence-corrected chi connectivity index (χ1v) is 6.50. The van der Waals surface area contributed by atoms with E-state index in [0.717, 1.165) is 17.8 Å². The second-order valence-electron chi connectivity index (χ2n) is 4.57. The molecule has 0 aliphatic rings. The molecule has 3 heteroatoms. The van der Waals surface area contributed by atoms with Crippen LogP contribution in [0.2, 0.25) is 0 Å². The Kier molecular flexibility index (Phi) is 5.69. The Morgan fingerprint density at radius 1 is 1.33 bits per heavy atom. The zero-order valence-corrected chi connectivity index (χ0v) is 11.8. The van der Waals surface area contributed by atoms with Gasteiger partial charge in [0.2, 0.25) is 0 Å².